The molecule has 0 atom stereocenters. The molecule has 1 aromatic heterocycles. The average Bonchev–Trinajstić information content (AvgIpc) is 2.29. The van der Waals surface area contributed by atoms with E-state index in [1.54, 1.807) is 6.07 Å². The van der Waals surface area contributed by atoms with Gasteiger partial charge >= 0.3 is 0 Å². The first-order chi connectivity index (χ1) is 8.09. The Labute approximate surface area is 110 Å². The first-order valence-corrected chi connectivity index (χ1v) is 6.20. The fourth-order valence-corrected chi connectivity index (χ4v) is 2.17. The van der Waals surface area contributed by atoms with E-state index in [1.807, 2.05) is 0 Å². The first-order valence-electron chi connectivity index (χ1n) is 5.44. The summed E-state index contributed by atoms with van der Waals surface area (Å²) < 4.78 is 5.21. The predicted molar refractivity (Wildman–Crippen MR) is 67.7 cm³/mol. The van der Waals surface area contributed by atoms with Gasteiger partial charge in [0.2, 0.25) is 0 Å². The topological polar surface area (TPSA) is 54.4 Å². The highest BCUT2D eigenvalue weighted by atomic mass is 35.5. The summed E-state index contributed by atoms with van der Waals surface area (Å²) in [7, 11) is 0. The number of aromatic nitrogens is 1. The van der Waals surface area contributed by atoms with Crippen molar-refractivity contribution in [2.45, 2.75) is 18.4 Å². The Kier molecular flexibility index (Phi) is 4.09. The highest BCUT2D eigenvalue weighted by Crippen LogP contribution is 2.25. The Morgan fingerprint density at radius 3 is 2.76 bits per heavy atom. The maximum absolute atomic E-state index is 10.2. The van der Waals surface area contributed by atoms with Gasteiger partial charge in [0.05, 0.1) is 15.6 Å². The largest absolute Gasteiger partial charge is 0.388 e. The number of pyridine rings is 1. The van der Waals surface area contributed by atoms with Crippen LogP contribution in [0.4, 0.5) is 5.82 Å². The molecular formula is C11H14Cl2N2O2. The maximum Gasteiger partial charge on any atom is 0.144 e. The summed E-state index contributed by atoms with van der Waals surface area (Å²) in [6, 6.07) is 1.62. The quantitative estimate of drug-likeness (QED) is 0.890. The standard InChI is InChI=1S/C11H14Cl2N2O2/c12-8-5-9(13)10(14-6-8)15-7-11(16)1-3-17-4-2-11/h5-6,16H,1-4,7H2,(H,14,15). The molecule has 1 aromatic rings. The normalized spacial score (nSPS) is 19.0. The molecule has 2 rings (SSSR count). The zero-order valence-corrected chi connectivity index (χ0v) is 10.8. The molecule has 0 unspecified atom stereocenters. The van der Waals surface area contributed by atoms with Crippen LogP contribution in [0.25, 0.3) is 0 Å². The second-order valence-corrected chi connectivity index (χ2v) is 5.02. The van der Waals surface area contributed by atoms with Gasteiger partial charge in [0.15, 0.2) is 0 Å². The molecule has 0 aromatic carbocycles. The van der Waals surface area contributed by atoms with Crippen LogP contribution < -0.4 is 5.32 Å². The molecule has 0 saturated carbocycles. The first kappa shape index (κ1) is 12.9. The molecule has 1 fully saturated rings. The number of aliphatic hydroxyl groups is 1. The molecule has 2 N–H and O–H groups in total. The minimum Gasteiger partial charge on any atom is -0.388 e. The Hall–Kier alpha value is -0.550. The van der Waals surface area contributed by atoms with E-state index in [0.717, 1.165) is 0 Å². The highest BCUT2D eigenvalue weighted by molar-refractivity contribution is 6.35. The van der Waals surface area contributed by atoms with E-state index in [9.17, 15) is 5.11 Å². The summed E-state index contributed by atoms with van der Waals surface area (Å²) >= 11 is 11.7. The van der Waals surface area contributed by atoms with Crippen molar-refractivity contribution in [3.8, 4) is 0 Å². The van der Waals surface area contributed by atoms with Gasteiger partial charge in [-0.25, -0.2) is 4.98 Å². The zero-order valence-electron chi connectivity index (χ0n) is 9.25. The number of ether oxygens (including phenoxy) is 1. The van der Waals surface area contributed by atoms with E-state index in [1.165, 1.54) is 6.20 Å². The van der Waals surface area contributed by atoms with Crippen molar-refractivity contribution in [1.82, 2.24) is 4.98 Å². The Balaban J connectivity index is 1.97. The number of halogens is 2. The monoisotopic (exact) mass is 276 g/mol. The van der Waals surface area contributed by atoms with Gasteiger partial charge in [-0.15, -0.1) is 0 Å². The molecule has 1 saturated heterocycles. The number of hydrogen-bond donors (Lipinski definition) is 2. The van der Waals surface area contributed by atoms with Gasteiger partial charge in [-0.05, 0) is 6.07 Å². The van der Waals surface area contributed by atoms with Crippen LogP contribution in [-0.2, 0) is 4.74 Å². The number of hydrogen-bond acceptors (Lipinski definition) is 4. The van der Waals surface area contributed by atoms with Crippen molar-refractivity contribution in [3.63, 3.8) is 0 Å². The van der Waals surface area contributed by atoms with E-state index < -0.39 is 5.60 Å². The van der Waals surface area contributed by atoms with Gasteiger partial charge in [0, 0.05) is 38.8 Å². The lowest BCUT2D eigenvalue weighted by atomic mass is 9.94. The van der Waals surface area contributed by atoms with E-state index in [-0.39, 0.29) is 0 Å². The summed E-state index contributed by atoms with van der Waals surface area (Å²) in [5.74, 6) is 0.538. The zero-order chi connectivity index (χ0) is 12.3. The van der Waals surface area contributed by atoms with Gasteiger partial charge in [0.25, 0.3) is 0 Å². The molecule has 1 aliphatic heterocycles. The smallest absolute Gasteiger partial charge is 0.144 e. The fraction of sp³-hybridized carbons (Fsp3) is 0.545. The van der Waals surface area contributed by atoms with Crippen molar-refractivity contribution in [1.29, 1.82) is 0 Å². The van der Waals surface area contributed by atoms with Gasteiger partial charge < -0.3 is 15.2 Å². The van der Waals surface area contributed by atoms with Crippen LogP contribution in [0.15, 0.2) is 12.3 Å². The van der Waals surface area contributed by atoms with Gasteiger partial charge in [0.1, 0.15) is 5.82 Å². The molecule has 0 bridgehead atoms. The van der Waals surface area contributed by atoms with Crippen LogP contribution in [0.1, 0.15) is 12.8 Å². The minimum atomic E-state index is -0.747. The summed E-state index contributed by atoms with van der Waals surface area (Å²) in [6.45, 7) is 1.57. The summed E-state index contributed by atoms with van der Waals surface area (Å²) in [4.78, 5) is 4.08. The van der Waals surface area contributed by atoms with Crippen LogP contribution in [-0.4, -0.2) is 35.5 Å². The lowest BCUT2D eigenvalue weighted by molar-refractivity contribution is -0.0543. The molecule has 6 heteroatoms. The molecule has 0 amide bonds. The van der Waals surface area contributed by atoms with Gasteiger partial charge in [-0.1, -0.05) is 23.2 Å². The third-order valence-electron chi connectivity index (χ3n) is 2.82. The average molecular weight is 277 g/mol. The highest BCUT2D eigenvalue weighted by Gasteiger charge is 2.29. The van der Waals surface area contributed by atoms with Crippen LogP contribution in [0.3, 0.4) is 0 Å². The molecule has 94 valence electrons. The lowest BCUT2D eigenvalue weighted by Gasteiger charge is -2.32. The summed E-state index contributed by atoms with van der Waals surface area (Å²) in [5.41, 5.74) is -0.747. The molecule has 0 aliphatic carbocycles. The number of nitrogens with one attached hydrogen (secondary N) is 1. The third-order valence-corrected chi connectivity index (χ3v) is 3.31. The molecule has 2 heterocycles. The molecular weight excluding hydrogens is 263 g/mol. The van der Waals surface area contributed by atoms with E-state index in [2.05, 4.69) is 10.3 Å². The Morgan fingerprint density at radius 2 is 2.12 bits per heavy atom. The van der Waals surface area contributed by atoms with Crippen LogP contribution >= 0.6 is 23.2 Å². The Bertz CT molecular complexity index is 395. The predicted octanol–water partition coefficient (Wildman–Crippen LogP) is 2.34. The lowest BCUT2D eigenvalue weighted by Crippen LogP contribution is -2.42. The second kappa shape index (κ2) is 5.40. The third kappa shape index (κ3) is 3.45. The number of rotatable bonds is 3. The molecule has 4 nitrogen and oxygen atoms in total. The molecule has 1 aliphatic rings. The van der Waals surface area contributed by atoms with Crippen molar-refractivity contribution in [3.05, 3.63) is 22.3 Å². The van der Waals surface area contributed by atoms with Crippen molar-refractivity contribution in [2.24, 2.45) is 0 Å². The van der Waals surface area contributed by atoms with E-state index in [0.29, 0.717) is 48.5 Å². The van der Waals surface area contributed by atoms with E-state index >= 15 is 0 Å². The minimum absolute atomic E-state index is 0.407. The summed E-state index contributed by atoms with van der Waals surface area (Å²) in [5, 5.41) is 14.2. The molecule has 17 heavy (non-hydrogen) atoms. The number of anilines is 1. The van der Waals surface area contributed by atoms with Crippen LogP contribution in [0, 0.1) is 0 Å². The fourth-order valence-electron chi connectivity index (χ4n) is 1.72. The van der Waals surface area contributed by atoms with Gasteiger partial charge in [-0.2, -0.15) is 0 Å². The molecule has 0 spiro atoms. The second-order valence-electron chi connectivity index (χ2n) is 4.17. The Morgan fingerprint density at radius 1 is 1.41 bits per heavy atom. The number of nitrogens with zero attached hydrogens (tertiary/aromatic N) is 1. The van der Waals surface area contributed by atoms with Crippen molar-refractivity contribution >= 4 is 29.0 Å². The van der Waals surface area contributed by atoms with Crippen molar-refractivity contribution in [2.75, 3.05) is 25.1 Å². The van der Waals surface area contributed by atoms with E-state index in [4.69, 9.17) is 27.9 Å². The molecule has 0 radical (unpaired) electrons. The maximum atomic E-state index is 10.2. The summed E-state index contributed by atoms with van der Waals surface area (Å²) in [6.07, 6.45) is 2.75. The van der Waals surface area contributed by atoms with Crippen LogP contribution in [0.2, 0.25) is 10.0 Å². The van der Waals surface area contributed by atoms with Gasteiger partial charge in [-0.3, -0.25) is 0 Å². The van der Waals surface area contributed by atoms with Crippen LogP contribution in [0.5, 0.6) is 0 Å². The SMILES string of the molecule is OC1(CNc2ncc(Cl)cc2Cl)CCOCC1. The van der Waals surface area contributed by atoms with Crippen molar-refractivity contribution < 1.29 is 9.84 Å².